The minimum Gasteiger partial charge on any atom is -0.298 e. The summed E-state index contributed by atoms with van der Waals surface area (Å²) in [6.45, 7) is 1.10. The van der Waals surface area contributed by atoms with Gasteiger partial charge in [-0.1, -0.05) is 0 Å². The lowest BCUT2D eigenvalue weighted by atomic mass is 9.95. The Hall–Kier alpha value is -0.330. The Labute approximate surface area is 56.2 Å². The van der Waals surface area contributed by atoms with E-state index in [1.165, 1.54) is 25.7 Å². The van der Waals surface area contributed by atoms with Crippen molar-refractivity contribution >= 4 is 6.21 Å². The lowest BCUT2D eigenvalue weighted by Crippen LogP contribution is -2.09. The summed E-state index contributed by atoms with van der Waals surface area (Å²) in [5, 5.41) is 0. The van der Waals surface area contributed by atoms with Crippen LogP contribution in [0.25, 0.3) is 0 Å². The van der Waals surface area contributed by atoms with Gasteiger partial charge in [-0.3, -0.25) is 4.99 Å². The van der Waals surface area contributed by atoms with Crippen molar-refractivity contribution in [2.75, 3.05) is 6.54 Å². The molecule has 1 nitrogen and oxygen atoms in total. The summed E-state index contributed by atoms with van der Waals surface area (Å²) in [4.78, 5) is 4.21. The molecule has 0 aromatic rings. The van der Waals surface area contributed by atoms with E-state index in [-0.39, 0.29) is 0 Å². The van der Waals surface area contributed by atoms with Crippen molar-refractivity contribution in [3.8, 4) is 0 Å². The Morgan fingerprint density at radius 1 is 1.11 bits per heavy atom. The quantitative estimate of drug-likeness (QED) is 0.505. The Morgan fingerprint density at radius 3 is 2.56 bits per heavy atom. The minimum absolute atomic E-state index is 1.02. The number of hydrogen-bond donors (Lipinski definition) is 0. The van der Waals surface area contributed by atoms with E-state index in [1.807, 2.05) is 0 Å². The van der Waals surface area contributed by atoms with Gasteiger partial charge in [0.25, 0.3) is 0 Å². The molecule has 1 heterocycles. The molecule has 1 heteroatoms. The molecule has 0 bridgehead atoms. The molecule has 0 radical (unpaired) electrons. The summed E-state index contributed by atoms with van der Waals surface area (Å²) >= 11 is 0. The van der Waals surface area contributed by atoms with E-state index < -0.39 is 0 Å². The van der Waals surface area contributed by atoms with E-state index in [0.717, 1.165) is 18.4 Å². The molecular weight excluding hydrogens is 110 g/mol. The molecule has 0 amide bonds. The highest BCUT2D eigenvalue weighted by Crippen LogP contribution is 2.40. The third kappa shape index (κ3) is 1.15. The van der Waals surface area contributed by atoms with Crippen molar-refractivity contribution in [2.24, 2.45) is 16.8 Å². The lowest BCUT2D eigenvalue weighted by molar-refractivity contribution is 0.441. The van der Waals surface area contributed by atoms with Crippen molar-refractivity contribution in [3.05, 3.63) is 0 Å². The summed E-state index contributed by atoms with van der Waals surface area (Å²) in [6.07, 6.45) is 7.75. The predicted octanol–water partition coefficient (Wildman–Crippen LogP) is 1.88. The maximum Gasteiger partial charge on any atom is 0.0388 e. The molecule has 1 atom stereocenters. The average molecular weight is 123 g/mol. The molecule has 0 aromatic heterocycles. The molecule has 1 aliphatic heterocycles. The predicted molar refractivity (Wildman–Crippen MR) is 38.8 cm³/mol. The van der Waals surface area contributed by atoms with Gasteiger partial charge in [0, 0.05) is 6.54 Å². The van der Waals surface area contributed by atoms with E-state index in [0.29, 0.717) is 0 Å². The largest absolute Gasteiger partial charge is 0.298 e. The van der Waals surface area contributed by atoms with Gasteiger partial charge < -0.3 is 0 Å². The number of hydrogen-bond acceptors (Lipinski definition) is 1. The van der Waals surface area contributed by atoms with E-state index in [1.54, 1.807) is 0 Å². The molecule has 2 aliphatic rings. The normalized spacial score (nSPS) is 34.9. The molecule has 50 valence electrons. The van der Waals surface area contributed by atoms with Crippen LogP contribution in [0.5, 0.6) is 0 Å². The van der Waals surface area contributed by atoms with Crippen molar-refractivity contribution in [2.45, 2.75) is 25.7 Å². The van der Waals surface area contributed by atoms with Crippen molar-refractivity contribution in [1.82, 2.24) is 0 Å². The lowest BCUT2D eigenvalue weighted by Gasteiger charge is -2.15. The summed E-state index contributed by atoms with van der Waals surface area (Å²) < 4.78 is 0. The second-order valence-corrected chi connectivity index (χ2v) is 3.21. The van der Waals surface area contributed by atoms with Gasteiger partial charge >= 0.3 is 0 Å². The van der Waals surface area contributed by atoms with Gasteiger partial charge in [0.1, 0.15) is 0 Å². The fraction of sp³-hybridized carbons (Fsp3) is 0.875. The zero-order valence-electron chi connectivity index (χ0n) is 5.71. The van der Waals surface area contributed by atoms with Gasteiger partial charge in [0.15, 0.2) is 0 Å². The minimum atomic E-state index is 1.02. The molecule has 9 heavy (non-hydrogen) atoms. The standard InChI is InChI=1S/C8H13N/c1-2-7(1)8-3-5-9-6-4-8/h5,7-8H,1-4,6H2. The smallest absolute Gasteiger partial charge is 0.0388 e. The Kier molecular flexibility index (Phi) is 1.29. The Morgan fingerprint density at radius 2 is 2.00 bits per heavy atom. The fourth-order valence-corrected chi connectivity index (χ4v) is 1.66. The first-order chi connectivity index (χ1) is 4.47. The molecule has 1 saturated carbocycles. The molecule has 0 N–H and O–H groups in total. The Bertz CT molecular complexity index is 125. The van der Waals surface area contributed by atoms with Gasteiger partial charge in [-0.15, -0.1) is 0 Å². The van der Waals surface area contributed by atoms with Gasteiger partial charge in [-0.2, -0.15) is 0 Å². The Balaban J connectivity index is 1.89. The van der Waals surface area contributed by atoms with Crippen LogP contribution in [0.15, 0.2) is 4.99 Å². The molecule has 1 fully saturated rings. The average Bonchev–Trinajstić information content (AvgIpc) is 2.71. The van der Waals surface area contributed by atoms with Crippen LogP contribution in [-0.4, -0.2) is 12.8 Å². The monoisotopic (exact) mass is 123 g/mol. The zero-order chi connectivity index (χ0) is 6.10. The molecule has 1 unspecified atom stereocenters. The first-order valence-corrected chi connectivity index (χ1v) is 3.95. The highest BCUT2D eigenvalue weighted by molar-refractivity contribution is 5.58. The molecule has 1 aliphatic carbocycles. The van der Waals surface area contributed by atoms with Crippen molar-refractivity contribution in [1.29, 1.82) is 0 Å². The van der Waals surface area contributed by atoms with Crippen LogP contribution < -0.4 is 0 Å². The summed E-state index contributed by atoms with van der Waals surface area (Å²) in [6, 6.07) is 0. The van der Waals surface area contributed by atoms with E-state index >= 15 is 0 Å². The highest BCUT2D eigenvalue weighted by atomic mass is 14.7. The second kappa shape index (κ2) is 2.13. The van der Waals surface area contributed by atoms with Crippen LogP contribution in [0, 0.1) is 11.8 Å². The molecule has 0 spiro atoms. The topological polar surface area (TPSA) is 12.4 Å². The first kappa shape index (κ1) is 5.45. The number of nitrogens with zero attached hydrogens (tertiary/aromatic N) is 1. The van der Waals surface area contributed by atoms with Crippen LogP contribution in [0.1, 0.15) is 25.7 Å². The second-order valence-electron chi connectivity index (χ2n) is 3.21. The molecular formula is C8H13N. The van der Waals surface area contributed by atoms with Gasteiger partial charge in [-0.25, -0.2) is 0 Å². The molecule has 2 rings (SSSR count). The summed E-state index contributed by atoms with van der Waals surface area (Å²) in [5.41, 5.74) is 0. The third-order valence-electron chi connectivity index (χ3n) is 2.45. The van der Waals surface area contributed by atoms with E-state index in [2.05, 4.69) is 11.2 Å². The van der Waals surface area contributed by atoms with Gasteiger partial charge in [0.2, 0.25) is 0 Å². The van der Waals surface area contributed by atoms with Crippen LogP contribution >= 0.6 is 0 Å². The SMILES string of the molecule is C1=NCCC(C2CC2)C1. The van der Waals surface area contributed by atoms with Crippen molar-refractivity contribution < 1.29 is 0 Å². The van der Waals surface area contributed by atoms with E-state index in [9.17, 15) is 0 Å². The maximum atomic E-state index is 4.21. The zero-order valence-corrected chi connectivity index (χ0v) is 5.71. The van der Waals surface area contributed by atoms with Crippen LogP contribution in [0.4, 0.5) is 0 Å². The summed E-state index contributed by atoms with van der Waals surface area (Å²) in [7, 11) is 0. The first-order valence-electron chi connectivity index (χ1n) is 3.95. The number of aliphatic imine (C=N–C) groups is 1. The molecule has 0 aromatic carbocycles. The maximum absolute atomic E-state index is 4.21. The van der Waals surface area contributed by atoms with E-state index in [4.69, 9.17) is 0 Å². The fourth-order valence-electron chi connectivity index (χ4n) is 1.66. The van der Waals surface area contributed by atoms with Gasteiger partial charge in [-0.05, 0) is 43.7 Å². The molecule has 0 saturated heterocycles. The van der Waals surface area contributed by atoms with Crippen molar-refractivity contribution in [3.63, 3.8) is 0 Å². The number of rotatable bonds is 1. The highest BCUT2D eigenvalue weighted by Gasteiger charge is 2.30. The third-order valence-corrected chi connectivity index (χ3v) is 2.45. The van der Waals surface area contributed by atoms with Crippen LogP contribution in [0.2, 0.25) is 0 Å². The van der Waals surface area contributed by atoms with Gasteiger partial charge in [0.05, 0.1) is 0 Å². The van der Waals surface area contributed by atoms with Crippen LogP contribution in [-0.2, 0) is 0 Å². The van der Waals surface area contributed by atoms with Crippen LogP contribution in [0.3, 0.4) is 0 Å². The summed E-state index contributed by atoms with van der Waals surface area (Å²) in [5.74, 6) is 2.11.